The number of hydrogen-bond acceptors (Lipinski definition) is 5. The molecule has 0 radical (unpaired) electrons. The fraction of sp³-hybridized carbons (Fsp3) is 0.136. The minimum Gasteiger partial charge on any atom is -0.493 e. The first-order chi connectivity index (χ1) is 14.5. The Hall–Kier alpha value is -2.65. The van der Waals surface area contributed by atoms with Crippen LogP contribution in [0.5, 0.6) is 11.5 Å². The van der Waals surface area contributed by atoms with Crippen molar-refractivity contribution in [2.75, 3.05) is 7.11 Å². The molecule has 0 saturated heterocycles. The monoisotopic (exact) mass is 535 g/mol. The molecule has 0 saturated carbocycles. The molecule has 2 aromatic carbocycles. The number of rotatable bonds is 7. The van der Waals surface area contributed by atoms with Crippen molar-refractivity contribution in [1.29, 1.82) is 0 Å². The van der Waals surface area contributed by atoms with Gasteiger partial charge in [0.05, 0.1) is 22.5 Å². The second kappa shape index (κ2) is 10.4. The van der Waals surface area contributed by atoms with Gasteiger partial charge in [-0.15, -0.1) is 0 Å². The number of pyridine rings is 1. The molecular formula is C22H19ClIN3O3. The van der Waals surface area contributed by atoms with Crippen LogP contribution in [0.1, 0.15) is 27.0 Å². The van der Waals surface area contributed by atoms with Gasteiger partial charge in [0.15, 0.2) is 11.5 Å². The van der Waals surface area contributed by atoms with Crippen molar-refractivity contribution in [3.63, 3.8) is 0 Å². The van der Waals surface area contributed by atoms with Gasteiger partial charge in [-0.25, -0.2) is 10.4 Å². The Balaban J connectivity index is 1.71. The molecule has 1 heterocycles. The first-order valence-corrected chi connectivity index (χ1v) is 10.4. The molecule has 1 amide bonds. The summed E-state index contributed by atoms with van der Waals surface area (Å²) in [6.07, 6.45) is 3.04. The summed E-state index contributed by atoms with van der Waals surface area (Å²) in [7, 11) is 1.58. The molecule has 1 N–H and O–H groups in total. The van der Waals surface area contributed by atoms with Crippen molar-refractivity contribution in [2.24, 2.45) is 5.10 Å². The van der Waals surface area contributed by atoms with Crippen LogP contribution < -0.4 is 14.9 Å². The van der Waals surface area contributed by atoms with E-state index in [0.717, 1.165) is 14.7 Å². The highest BCUT2D eigenvalue weighted by atomic mass is 127. The molecule has 0 aliphatic rings. The van der Waals surface area contributed by atoms with Gasteiger partial charge in [-0.3, -0.25) is 4.79 Å². The Bertz CT molecular complexity index is 1090. The van der Waals surface area contributed by atoms with Crippen LogP contribution in [0.15, 0.2) is 59.8 Å². The molecule has 0 aliphatic heterocycles. The largest absolute Gasteiger partial charge is 0.493 e. The lowest BCUT2D eigenvalue weighted by atomic mass is 10.1. The van der Waals surface area contributed by atoms with Crippen LogP contribution in [0, 0.1) is 10.5 Å². The van der Waals surface area contributed by atoms with Crippen molar-refractivity contribution in [3.8, 4) is 11.5 Å². The minimum atomic E-state index is -0.441. The fourth-order valence-electron chi connectivity index (χ4n) is 2.69. The number of benzene rings is 2. The molecule has 0 fully saturated rings. The van der Waals surface area contributed by atoms with Gasteiger partial charge in [0.25, 0.3) is 5.91 Å². The van der Waals surface area contributed by atoms with E-state index in [1.54, 1.807) is 25.3 Å². The van der Waals surface area contributed by atoms with Crippen molar-refractivity contribution in [1.82, 2.24) is 10.4 Å². The Morgan fingerprint density at radius 2 is 2.10 bits per heavy atom. The summed E-state index contributed by atoms with van der Waals surface area (Å²) in [6, 6.07) is 15.0. The molecule has 0 unspecified atom stereocenters. The van der Waals surface area contributed by atoms with Crippen LogP contribution in [-0.4, -0.2) is 24.2 Å². The van der Waals surface area contributed by atoms with Gasteiger partial charge < -0.3 is 9.47 Å². The predicted molar refractivity (Wildman–Crippen MR) is 126 cm³/mol. The summed E-state index contributed by atoms with van der Waals surface area (Å²) in [5.74, 6) is 0.796. The highest BCUT2D eigenvalue weighted by molar-refractivity contribution is 14.1. The SMILES string of the molecule is COc1cc(C=NNC(=O)c2cccnc2Cl)cc(I)c1OCc1cccc(C)c1. The fourth-order valence-corrected chi connectivity index (χ4v) is 3.68. The van der Waals surface area contributed by atoms with E-state index >= 15 is 0 Å². The maximum Gasteiger partial charge on any atom is 0.274 e. The zero-order valence-electron chi connectivity index (χ0n) is 16.4. The highest BCUT2D eigenvalue weighted by Crippen LogP contribution is 2.34. The van der Waals surface area contributed by atoms with Crippen LogP contribution in [0.4, 0.5) is 0 Å². The van der Waals surface area contributed by atoms with Gasteiger partial charge >= 0.3 is 0 Å². The van der Waals surface area contributed by atoms with Crippen LogP contribution in [-0.2, 0) is 6.61 Å². The number of amides is 1. The maximum atomic E-state index is 12.1. The smallest absolute Gasteiger partial charge is 0.274 e. The lowest BCUT2D eigenvalue weighted by Gasteiger charge is -2.14. The molecule has 8 heteroatoms. The van der Waals surface area contributed by atoms with Gasteiger partial charge in [0, 0.05) is 6.20 Å². The molecule has 0 atom stereocenters. The van der Waals surface area contributed by atoms with Crippen molar-refractivity contribution >= 4 is 46.3 Å². The number of ether oxygens (including phenoxy) is 2. The lowest BCUT2D eigenvalue weighted by molar-refractivity contribution is 0.0955. The second-order valence-electron chi connectivity index (χ2n) is 6.35. The van der Waals surface area contributed by atoms with Crippen molar-refractivity contribution < 1.29 is 14.3 Å². The van der Waals surface area contributed by atoms with E-state index in [-0.39, 0.29) is 10.7 Å². The van der Waals surface area contributed by atoms with Crippen LogP contribution in [0.3, 0.4) is 0 Å². The topological polar surface area (TPSA) is 72.8 Å². The number of aryl methyl sites for hydroxylation is 1. The third-order valence-electron chi connectivity index (χ3n) is 4.10. The van der Waals surface area contributed by atoms with E-state index in [4.69, 9.17) is 21.1 Å². The molecule has 154 valence electrons. The third kappa shape index (κ3) is 5.70. The van der Waals surface area contributed by atoms with Gasteiger partial charge in [0.2, 0.25) is 0 Å². The average Bonchev–Trinajstić information content (AvgIpc) is 2.73. The normalized spacial score (nSPS) is 10.8. The third-order valence-corrected chi connectivity index (χ3v) is 5.20. The Morgan fingerprint density at radius 1 is 1.27 bits per heavy atom. The zero-order valence-corrected chi connectivity index (χ0v) is 19.3. The van der Waals surface area contributed by atoms with Crippen molar-refractivity contribution in [3.05, 3.63) is 85.7 Å². The molecule has 6 nitrogen and oxygen atoms in total. The number of carbonyl (C=O) groups excluding carboxylic acids is 1. The summed E-state index contributed by atoms with van der Waals surface area (Å²) in [5, 5.41) is 4.12. The molecule has 0 spiro atoms. The quantitative estimate of drug-likeness (QED) is 0.200. The lowest BCUT2D eigenvalue weighted by Crippen LogP contribution is -2.18. The zero-order chi connectivity index (χ0) is 21.5. The van der Waals surface area contributed by atoms with E-state index < -0.39 is 5.91 Å². The number of hydrazone groups is 1. The van der Waals surface area contributed by atoms with E-state index in [9.17, 15) is 4.79 Å². The Morgan fingerprint density at radius 3 is 2.83 bits per heavy atom. The van der Waals surface area contributed by atoms with Crippen LogP contribution >= 0.6 is 34.2 Å². The summed E-state index contributed by atoms with van der Waals surface area (Å²) in [6.45, 7) is 2.48. The Labute approximate surface area is 193 Å². The second-order valence-corrected chi connectivity index (χ2v) is 7.87. The molecular weight excluding hydrogens is 517 g/mol. The maximum absolute atomic E-state index is 12.1. The molecule has 1 aromatic heterocycles. The van der Waals surface area contributed by atoms with Crippen LogP contribution in [0.2, 0.25) is 5.15 Å². The number of hydrogen-bond donors (Lipinski definition) is 1. The standard InChI is InChI=1S/C22H19ClIN3O3/c1-14-5-3-6-15(9-14)13-30-20-18(24)10-16(11-19(20)29-2)12-26-27-22(28)17-7-4-8-25-21(17)23/h3-12H,13H2,1-2H3,(H,27,28). The average molecular weight is 536 g/mol. The number of methoxy groups -OCH3 is 1. The molecule has 3 rings (SSSR count). The van der Waals surface area contributed by atoms with E-state index in [0.29, 0.717) is 18.1 Å². The molecule has 30 heavy (non-hydrogen) atoms. The highest BCUT2D eigenvalue weighted by Gasteiger charge is 2.12. The minimum absolute atomic E-state index is 0.122. The Kier molecular flexibility index (Phi) is 7.64. The summed E-state index contributed by atoms with van der Waals surface area (Å²) < 4.78 is 12.4. The number of nitrogens with zero attached hydrogens (tertiary/aromatic N) is 2. The van der Waals surface area contributed by atoms with Gasteiger partial charge in [-0.2, -0.15) is 5.10 Å². The van der Waals surface area contributed by atoms with Crippen LogP contribution in [0.25, 0.3) is 0 Å². The number of carbonyl (C=O) groups is 1. The first-order valence-electron chi connectivity index (χ1n) is 8.97. The van der Waals surface area contributed by atoms with E-state index in [1.165, 1.54) is 18.0 Å². The molecule has 0 aliphatic carbocycles. The molecule has 3 aromatic rings. The van der Waals surface area contributed by atoms with Gasteiger partial charge in [0.1, 0.15) is 11.8 Å². The van der Waals surface area contributed by atoms with Gasteiger partial charge in [-0.1, -0.05) is 41.4 Å². The summed E-state index contributed by atoms with van der Waals surface area (Å²) in [5.41, 5.74) is 5.70. The number of aromatic nitrogens is 1. The summed E-state index contributed by atoms with van der Waals surface area (Å²) in [4.78, 5) is 16.0. The molecule has 0 bridgehead atoms. The number of halogens is 2. The number of nitrogens with one attached hydrogen (secondary N) is 1. The van der Waals surface area contributed by atoms with E-state index in [2.05, 4.69) is 44.2 Å². The van der Waals surface area contributed by atoms with E-state index in [1.807, 2.05) is 31.2 Å². The van der Waals surface area contributed by atoms with Gasteiger partial charge in [-0.05, 0) is 64.9 Å². The summed E-state index contributed by atoms with van der Waals surface area (Å²) >= 11 is 8.10. The predicted octanol–water partition coefficient (Wildman–Crippen LogP) is 5.00. The first kappa shape index (κ1) is 22.0. The van der Waals surface area contributed by atoms with Crippen molar-refractivity contribution in [2.45, 2.75) is 13.5 Å².